The van der Waals surface area contributed by atoms with Crippen LogP contribution in [0.2, 0.25) is 0 Å². The van der Waals surface area contributed by atoms with Crippen molar-refractivity contribution in [1.29, 1.82) is 0 Å². The maximum atomic E-state index is 5.88. The molecule has 1 aromatic heterocycles. The van der Waals surface area contributed by atoms with Crippen molar-refractivity contribution in [3.8, 4) is 5.75 Å². The number of nitrogens with one attached hydrogen (secondary N) is 2. The number of imidazole rings is 1. The predicted molar refractivity (Wildman–Crippen MR) is 101 cm³/mol. The predicted octanol–water partition coefficient (Wildman–Crippen LogP) is 4.44. The maximum Gasteiger partial charge on any atom is 0.124 e. The molecule has 3 rings (SSSR count). The van der Waals surface area contributed by atoms with Gasteiger partial charge in [0, 0.05) is 29.5 Å². The monoisotopic (exact) mass is 387 g/mol. The zero-order chi connectivity index (χ0) is 16.9. The van der Waals surface area contributed by atoms with Gasteiger partial charge < -0.3 is 15.0 Å². The molecule has 0 spiro atoms. The van der Waals surface area contributed by atoms with E-state index in [2.05, 4.69) is 43.3 Å². The van der Waals surface area contributed by atoms with Crippen molar-refractivity contribution in [3.63, 3.8) is 0 Å². The largest absolute Gasteiger partial charge is 0.491 e. The van der Waals surface area contributed by atoms with Crippen molar-refractivity contribution in [2.45, 2.75) is 32.9 Å². The molecule has 0 saturated heterocycles. The Labute approximate surface area is 150 Å². The summed E-state index contributed by atoms with van der Waals surface area (Å²) in [6.45, 7) is 5.71. The van der Waals surface area contributed by atoms with Crippen LogP contribution in [-0.2, 0) is 13.0 Å². The van der Waals surface area contributed by atoms with Crippen LogP contribution in [0.15, 0.2) is 46.9 Å². The second-order valence-electron chi connectivity index (χ2n) is 6.05. The first kappa shape index (κ1) is 17.0. The molecule has 0 unspecified atom stereocenters. The van der Waals surface area contributed by atoms with Gasteiger partial charge in [0.15, 0.2) is 0 Å². The highest BCUT2D eigenvalue weighted by Gasteiger charge is 2.07. The molecule has 0 amide bonds. The zero-order valence-corrected chi connectivity index (χ0v) is 15.6. The Morgan fingerprint density at radius 2 is 2.04 bits per heavy atom. The van der Waals surface area contributed by atoms with Crippen LogP contribution < -0.4 is 10.1 Å². The average Bonchev–Trinajstić information content (AvgIpc) is 2.96. The lowest BCUT2D eigenvalue weighted by Crippen LogP contribution is -2.18. The van der Waals surface area contributed by atoms with Crippen molar-refractivity contribution in [2.75, 3.05) is 6.54 Å². The van der Waals surface area contributed by atoms with Gasteiger partial charge in [-0.1, -0.05) is 28.1 Å². The van der Waals surface area contributed by atoms with Gasteiger partial charge in [-0.3, -0.25) is 0 Å². The van der Waals surface area contributed by atoms with E-state index in [-0.39, 0.29) is 6.10 Å². The van der Waals surface area contributed by atoms with E-state index in [4.69, 9.17) is 4.74 Å². The number of aromatic nitrogens is 2. The number of ether oxygens (including phenoxy) is 1. The summed E-state index contributed by atoms with van der Waals surface area (Å²) in [5.74, 6) is 1.95. The number of rotatable bonds is 7. The molecule has 0 bridgehead atoms. The fraction of sp³-hybridized carbons (Fsp3) is 0.316. The van der Waals surface area contributed by atoms with E-state index >= 15 is 0 Å². The highest BCUT2D eigenvalue weighted by Crippen LogP contribution is 2.24. The molecule has 2 aromatic carbocycles. The Hall–Kier alpha value is -1.85. The number of aromatic amines is 1. The molecule has 4 nitrogen and oxygen atoms in total. The Bertz CT molecular complexity index is 780. The molecule has 0 atom stereocenters. The minimum absolute atomic E-state index is 0.167. The summed E-state index contributed by atoms with van der Waals surface area (Å²) >= 11 is 3.53. The van der Waals surface area contributed by atoms with Crippen LogP contribution in [0, 0.1) is 0 Å². The Balaban J connectivity index is 1.57. The van der Waals surface area contributed by atoms with Crippen molar-refractivity contribution in [1.82, 2.24) is 15.3 Å². The van der Waals surface area contributed by atoms with Crippen LogP contribution in [0.4, 0.5) is 0 Å². The van der Waals surface area contributed by atoms with Crippen molar-refractivity contribution >= 4 is 27.0 Å². The van der Waals surface area contributed by atoms with Gasteiger partial charge in [-0.25, -0.2) is 4.98 Å². The third kappa shape index (κ3) is 4.36. The van der Waals surface area contributed by atoms with E-state index in [9.17, 15) is 0 Å². The Morgan fingerprint density at radius 1 is 1.21 bits per heavy atom. The number of H-pyrrole nitrogens is 1. The molecule has 3 aromatic rings. The van der Waals surface area contributed by atoms with Crippen LogP contribution in [0.1, 0.15) is 25.2 Å². The van der Waals surface area contributed by atoms with Gasteiger partial charge >= 0.3 is 0 Å². The van der Waals surface area contributed by atoms with Crippen LogP contribution in [0.25, 0.3) is 11.0 Å². The summed E-state index contributed by atoms with van der Waals surface area (Å²) in [7, 11) is 0. The number of benzene rings is 2. The number of hydrogen-bond acceptors (Lipinski definition) is 3. The summed E-state index contributed by atoms with van der Waals surface area (Å²) in [6, 6.07) is 14.2. The molecule has 126 valence electrons. The molecule has 5 heteroatoms. The summed E-state index contributed by atoms with van der Waals surface area (Å²) in [5.41, 5.74) is 3.27. The van der Waals surface area contributed by atoms with Crippen LogP contribution in [0.5, 0.6) is 5.75 Å². The van der Waals surface area contributed by atoms with Gasteiger partial charge in [-0.2, -0.15) is 0 Å². The smallest absolute Gasteiger partial charge is 0.124 e. The van der Waals surface area contributed by atoms with E-state index in [1.807, 2.05) is 44.2 Å². The highest BCUT2D eigenvalue weighted by molar-refractivity contribution is 9.10. The normalized spacial score (nSPS) is 11.3. The van der Waals surface area contributed by atoms with Crippen molar-refractivity contribution < 1.29 is 4.74 Å². The van der Waals surface area contributed by atoms with Gasteiger partial charge in [0.25, 0.3) is 0 Å². The molecule has 0 aliphatic heterocycles. The standard InChI is InChI=1S/C19H22BrN3O/c1-13(2)24-18-8-7-15(20)11-14(18)12-21-10-9-19-22-16-5-3-4-6-17(16)23-19/h3-8,11,13,21H,9-10,12H2,1-2H3,(H,22,23). The van der Waals surface area contributed by atoms with Crippen LogP contribution in [-0.4, -0.2) is 22.6 Å². The second-order valence-corrected chi connectivity index (χ2v) is 6.96. The minimum Gasteiger partial charge on any atom is -0.491 e. The van der Waals surface area contributed by atoms with Gasteiger partial charge in [-0.15, -0.1) is 0 Å². The van der Waals surface area contributed by atoms with Gasteiger partial charge in [-0.05, 0) is 44.2 Å². The lowest BCUT2D eigenvalue weighted by Gasteiger charge is -2.15. The Kier molecular flexibility index (Phi) is 5.53. The molecule has 0 aliphatic rings. The topological polar surface area (TPSA) is 49.9 Å². The van der Waals surface area contributed by atoms with E-state index < -0.39 is 0 Å². The van der Waals surface area contributed by atoms with Gasteiger partial charge in [0.2, 0.25) is 0 Å². The van der Waals surface area contributed by atoms with E-state index in [1.54, 1.807) is 0 Å². The first-order valence-corrected chi connectivity index (χ1v) is 9.00. The molecule has 0 fully saturated rings. The molecule has 0 saturated carbocycles. The fourth-order valence-electron chi connectivity index (χ4n) is 2.61. The van der Waals surface area contributed by atoms with Crippen LogP contribution in [0.3, 0.4) is 0 Å². The molecular formula is C19H22BrN3O. The number of nitrogens with zero attached hydrogens (tertiary/aromatic N) is 1. The molecule has 1 heterocycles. The summed E-state index contributed by atoms with van der Waals surface area (Å²) in [6.07, 6.45) is 1.03. The maximum absolute atomic E-state index is 5.88. The summed E-state index contributed by atoms with van der Waals surface area (Å²) < 4.78 is 6.94. The summed E-state index contributed by atoms with van der Waals surface area (Å²) in [4.78, 5) is 7.96. The molecule has 2 N–H and O–H groups in total. The number of fused-ring (bicyclic) bond motifs is 1. The van der Waals surface area contributed by atoms with Gasteiger partial charge in [0.05, 0.1) is 17.1 Å². The quantitative estimate of drug-likeness (QED) is 0.588. The zero-order valence-electron chi connectivity index (χ0n) is 14.0. The Morgan fingerprint density at radius 3 is 2.83 bits per heavy atom. The molecule has 24 heavy (non-hydrogen) atoms. The SMILES string of the molecule is CC(C)Oc1ccc(Br)cc1CNCCc1nc2ccccc2[nH]1. The number of para-hydroxylation sites is 2. The third-order valence-electron chi connectivity index (χ3n) is 3.68. The number of halogens is 1. The molecule has 0 aliphatic carbocycles. The first-order chi connectivity index (χ1) is 11.6. The third-order valence-corrected chi connectivity index (χ3v) is 4.17. The van der Waals surface area contributed by atoms with E-state index in [0.29, 0.717) is 0 Å². The van der Waals surface area contributed by atoms with Crippen molar-refractivity contribution in [3.05, 3.63) is 58.3 Å². The lowest BCUT2D eigenvalue weighted by atomic mass is 10.2. The van der Waals surface area contributed by atoms with Gasteiger partial charge in [0.1, 0.15) is 11.6 Å². The van der Waals surface area contributed by atoms with E-state index in [0.717, 1.165) is 52.2 Å². The van der Waals surface area contributed by atoms with E-state index in [1.165, 1.54) is 0 Å². The second kappa shape index (κ2) is 7.81. The minimum atomic E-state index is 0.167. The van der Waals surface area contributed by atoms with Crippen molar-refractivity contribution in [2.24, 2.45) is 0 Å². The van der Waals surface area contributed by atoms with Crippen LogP contribution >= 0.6 is 15.9 Å². The fourth-order valence-corrected chi connectivity index (χ4v) is 3.02. The summed E-state index contributed by atoms with van der Waals surface area (Å²) in [5, 5.41) is 3.47. The highest BCUT2D eigenvalue weighted by atomic mass is 79.9. The molecule has 0 radical (unpaired) electrons. The lowest BCUT2D eigenvalue weighted by molar-refractivity contribution is 0.239. The number of hydrogen-bond donors (Lipinski definition) is 2. The first-order valence-electron chi connectivity index (χ1n) is 8.21. The molecular weight excluding hydrogens is 366 g/mol. The average molecular weight is 388 g/mol.